The highest BCUT2D eigenvalue weighted by molar-refractivity contribution is 7.97. The predicted octanol–water partition coefficient (Wildman–Crippen LogP) is 5.50. The standard InChI is InChI=1S/C22H19ClN2O3S2/c1-14-6-8-16(9-7-14)13-25-19-10-11-29-22(19)21(26)20(30(25,27)28)12-24-18-5-3-4-17(23)15(18)2/h3-12,24H,13H2,1-2H3. The molecule has 1 aliphatic rings. The average molecular weight is 459 g/mol. The SMILES string of the molecule is Cc1ccc(CN2c3ccsc3C(=O)C(=CNc3cccc(Cl)c3C)S2(=O)=O)cc1. The minimum atomic E-state index is -4.04. The summed E-state index contributed by atoms with van der Waals surface area (Å²) in [5.41, 5.74) is 3.76. The third-order valence-electron chi connectivity index (χ3n) is 4.98. The van der Waals surface area contributed by atoms with Gasteiger partial charge in [-0.25, -0.2) is 8.42 Å². The van der Waals surface area contributed by atoms with E-state index < -0.39 is 15.8 Å². The van der Waals surface area contributed by atoms with E-state index in [1.54, 1.807) is 29.6 Å². The van der Waals surface area contributed by atoms with Crippen LogP contribution in [0.2, 0.25) is 5.02 Å². The normalized spacial score (nSPS) is 16.6. The van der Waals surface area contributed by atoms with Gasteiger partial charge >= 0.3 is 0 Å². The number of halogens is 1. The van der Waals surface area contributed by atoms with Gasteiger partial charge in [-0.3, -0.25) is 9.10 Å². The Bertz CT molecular complexity index is 1260. The molecule has 1 aliphatic heterocycles. The van der Waals surface area contributed by atoms with Crippen molar-refractivity contribution in [3.05, 3.63) is 91.6 Å². The number of Topliss-reactive ketones (excluding diaryl/α,β-unsaturated/α-hetero) is 1. The molecule has 0 aliphatic carbocycles. The Labute approximate surface area is 184 Å². The number of ketones is 1. The maximum absolute atomic E-state index is 13.4. The zero-order chi connectivity index (χ0) is 21.5. The molecule has 0 spiro atoms. The molecule has 5 nitrogen and oxygen atoms in total. The van der Waals surface area contributed by atoms with Gasteiger partial charge in [-0.1, -0.05) is 47.5 Å². The Kier molecular flexibility index (Phi) is 5.44. The Morgan fingerprint density at radius 1 is 1.10 bits per heavy atom. The Morgan fingerprint density at radius 2 is 1.83 bits per heavy atom. The first-order valence-electron chi connectivity index (χ1n) is 9.21. The van der Waals surface area contributed by atoms with E-state index in [0.717, 1.165) is 16.7 Å². The van der Waals surface area contributed by atoms with E-state index in [0.29, 0.717) is 21.3 Å². The van der Waals surface area contributed by atoms with Crippen molar-refractivity contribution >= 4 is 50.1 Å². The number of anilines is 2. The van der Waals surface area contributed by atoms with Crippen molar-refractivity contribution in [1.82, 2.24) is 0 Å². The average Bonchev–Trinajstić information content (AvgIpc) is 3.19. The Morgan fingerprint density at radius 3 is 2.57 bits per heavy atom. The summed E-state index contributed by atoms with van der Waals surface area (Å²) >= 11 is 7.38. The van der Waals surface area contributed by atoms with Crippen LogP contribution < -0.4 is 9.62 Å². The van der Waals surface area contributed by atoms with Gasteiger partial charge in [-0.05, 0) is 48.6 Å². The van der Waals surface area contributed by atoms with Crippen LogP contribution in [-0.4, -0.2) is 14.2 Å². The van der Waals surface area contributed by atoms with E-state index in [-0.39, 0.29) is 11.4 Å². The highest BCUT2D eigenvalue weighted by Crippen LogP contribution is 2.39. The zero-order valence-corrected chi connectivity index (χ0v) is 18.7. The first-order valence-corrected chi connectivity index (χ1v) is 11.9. The molecule has 0 atom stereocenters. The second kappa shape index (κ2) is 7.91. The number of nitrogens with zero attached hydrogens (tertiary/aromatic N) is 1. The summed E-state index contributed by atoms with van der Waals surface area (Å²) in [6.07, 6.45) is 1.27. The molecule has 0 fully saturated rings. The van der Waals surface area contributed by atoms with Gasteiger partial charge in [0.05, 0.1) is 12.2 Å². The van der Waals surface area contributed by atoms with Gasteiger partial charge in [0.15, 0.2) is 4.91 Å². The molecule has 30 heavy (non-hydrogen) atoms. The predicted molar refractivity (Wildman–Crippen MR) is 123 cm³/mol. The summed E-state index contributed by atoms with van der Waals surface area (Å²) in [6.45, 7) is 3.94. The van der Waals surface area contributed by atoms with Crippen LogP contribution in [0.1, 0.15) is 26.4 Å². The third-order valence-corrected chi connectivity index (χ3v) is 8.06. The first-order chi connectivity index (χ1) is 14.3. The summed E-state index contributed by atoms with van der Waals surface area (Å²) < 4.78 is 28.1. The van der Waals surface area contributed by atoms with E-state index in [1.807, 2.05) is 38.1 Å². The Hall–Kier alpha value is -2.61. The molecule has 154 valence electrons. The fourth-order valence-electron chi connectivity index (χ4n) is 3.22. The summed E-state index contributed by atoms with van der Waals surface area (Å²) in [6, 6.07) is 14.6. The van der Waals surface area contributed by atoms with Crippen LogP contribution in [0.4, 0.5) is 11.4 Å². The highest BCUT2D eigenvalue weighted by Gasteiger charge is 2.41. The molecule has 2 aromatic carbocycles. The number of nitrogens with one attached hydrogen (secondary N) is 1. The highest BCUT2D eigenvalue weighted by atomic mass is 35.5. The molecule has 4 rings (SSSR count). The van der Waals surface area contributed by atoms with Gasteiger partial charge in [0.25, 0.3) is 10.0 Å². The molecular formula is C22H19ClN2O3S2. The van der Waals surface area contributed by atoms with Crippen LogP contribution in [0.5, 0.6) is 0 Å². The number of fused-ring (bicyclic) bond motifs is 1. The van der Waals surface area contributed by atoms with Gasteiger partial charge in [-0.15, -0.1) is 11.3 Å². The molecule has 3 aromatic rings. The van der Waals surface area contributed by atoms with E-state index in [2.05, 4.69) is 5.32 Å². The fourth-order valence-corrected chi connectivity index (χ4v) is 5.88. The van der Waals surface area contributed by atoms with Crippen molar-refractivity contribution in [3.63, 3.8) is 0 Å². The molecule has 0 saturated heterocycles. The molecule has 0 amide bonds. The second-order valence-electron chi connectivity index (χ2n) is 7.03. The van der Waals surface area contributed by atoms with Gasteiger partial charge < -0.3 is 5.32 Å². The molecule has 0 saturated carbocycles. The van der Waals surface area contributed by atoms with E-state index in [4.69, 9.17) is 11.6 Å². The lowest BCUT2D eigenvalue weighted by atomic mass is 10.1. The maximum Gasteiger partial charge on any atom is 0.270 e. The molecule has 0 radical (unpaired) electrons. The summed E-state index contributed by atoms with van der Waals surface area (Å²) in [7, 11) is -4.04. The number of hydrogen-bond donors (Lipinski definition) is 1. The molecular weight excluding hydrogens is 440 g/mol. The number of hydrogen-bond acceptors (Lipinski definition) is 5. The topological polar surface area (TPSA) is 66.5 Å². The minimum absolute atomic E-state index is 0.146. The number of aryl methyl sites for hydroxylation is 1. The summed E-state index contributed by atoms with van der Waals surface area (Å²) in [5.74, 6) is -0.507. The van der Waals surface area contributed by atoms with Gasteiger partial charge in [-0.2, -0.15) is 0 Å². The lowest BCUT2D eigenvalue weighted by molar-refractivity contribution is 0.104. The molecule has 2 heterocycles. The van der Waals surface area contributed by atoms with Crippen molar-refractivity contribution in [3.8, 4) is 0 Å². The minimum Gasteiger partial charge on any atom is -0.360 e. The van der Waals surface area contributed by atoms with Crippen LogP contribution in [-0.2, 0) is 16.6 Å². The lowest BCUT2D eigenvalue weighted by Crippen LogP contribution is -2.38. The largest absolute Gasteiger partial charge is 0.360 e. The van der Waals surface area contributed by atoms with Crippen molar-refractivity contribution < 1.29 is 13.2 Å². The van der Waals surface area contributed by atoms with Crippen LogP contribution in [0.25, 0.3) is 0 Å². The zero-order valence-electron chi connectivity index (χ0n) is 16.3. The van der Waals surface area contributed by atoms with Crippen LogP contribution in [0, 0.1) is 13.8 Å². The molecule has 1 aromatic heterocycles. The molecule has 0 unspecified atom stereocenters. The number of allylic oxidation sites excluding steroid dienone is 1. The van der Waals surface area contributed by atoms with Crippen LogP contribution in [0.15, 0.2) is 65.0 Å². The van der Waals surface area contributed by atoms with E-state index >= 15 is 0 Å². The van der Waals surface area contributed by atoms with E-state index in [1.165, 1.54) is 21.8 Å². The second-order valence-corrected chi connectivity index (χ2v) is 10.2. The number of carbonyl (C=O) groups excluding carboxylic acids is 1. The van der Waals surface area contributed by atoms with Crippen molar-refractivity contribution in [2.24, 2.45) is 0 Å². The van der Waals surface area contributed by atoms with Crippen LogP contribution in [0.3, 0.4) is 0 Å². The smallest absolute Gasteiger partial charge is 0.270 e. The first kappa shape index (κ1) is 20.7. The number of rotatable bonds is 4. The fraction of sp³-hybridized carbons (Fsp3) is 0.136. The monoisotopic (exact) mass is 458 g/mol. The third kappa shape index (κ3) is 3.64. The number of benzene rings is 2. The number of carbonyl (C=O) groups is 1. The molecule has 8 heteroatoms. The quantitative estimate of drug-likeness (QED) is 0.524. The van der Waals surface area contributed by atoms with Crippen LogP contribution >= 0.6 is 22.9 Å². The molecule has 1 N–H and O–H groups in total. The van der Waals surface area contributed by atoms with Crippen molar-refractivity contribution in [1.29, 1.82) is 0 Å². The maximum atomic E-state index is 13.4. The van der Waals surface area contributed by atoms with Gasteiger partial charge in [0.2, 0.25) is 5.78 Å². The lowest BCUT2D eigenvalue weighted by Gasteiger charge is -2.29. The summed E-state index contributed by atoms with van der Waals surface area (Å²) in [4.78, 5) is 13.1. The van der Waals surface area contributed by atoms with E-state index in [9.17, 15) is 13.2 Å². The summed E-state index contributed by atoms with van der Waals surface area (Å²) in [5, 5.41) is 5.24. The Balaban J connectivity index is 1.75. The van der Waals surface area contributed by atoms with Gasteiger partial charge in [0, 0.05) is 16.9 Å². The van der Waals surface area contributed by atoms with Crippen molar-refractivity contribution in [2.75, 3.05) is 9.62 Å². The van der Waals surface area contributed by atoms with Crippen molar-refractivity contribution in [2.45, 2.75) is 20.4 Å². The number of sulfonamides is 1. The molecule has 0 bridgehead atoms. The van der Waals surface area contributed by atoms with Gasteiger partial charge in [0.1, 0.15) is 4.88 Å². The number of thiophene rings is 1.